The SMILES string of the molecule is Cc1cc(C=CC#N)cc(C)c1Oc1nc(Nc2ccc(C#N)cc2)nc2c1CCN(C(=O)O)CC2. The molecule has 2 heterocycles. The van der Waals surface area contributed by atoms with E-state index in [9.17, 15) is 9.90 Å². The van der Waals surface area contributed by atoms with Crippen molar-refractivity contribution in [3.8, 4) is 23.8 Å². The van der Waals surface area contributed by atoms with Gasteiger partial charge in [0, 0.05) is 36.8 Å². The van der Waals surface area contributed by atoms with Crippen molar-refractivity contribution < 1.29 is 14.6 Å². The molecule has 2 N–H and O–H groups in total. The number of ether oxygens (including phenoxy) is 1. The van der Waals surface area contributed by atoms with Crippen LogP contribution < -0.4 is 10.1 Å². The highest BCUT2D eigenvalue weighted by Crippen LogP contribution is 2.34. The van der Waals surface area contributed by atoms with Crippen LogP contribution in [0.15, 0.2) is 42.5 Å². The summed E-state index contributed by atoms with van der Waals surface area (Å²) in [6.07, 6.45) is 3.05. The summed E-state index contributed by atoms with van der Waals surface area (Å²) in [6.45, 7) is 4.50. The predicted molar refractivity (Wildman–Crippen MR) is 134 cm³/mol. The van der Waals surface area contributed by atoms with Gasteiger partial charge in [-0.3, -0.25) is 0 Å². The van der Waals surface area contributed by atoms with Crippen LogP contribution in [0.3, 0.4) is 0 Å². The van der Waals surface area contributed by atoms with Gasteiger partial charge in [0.15, 0.2) is 0 Å². The molecule has 0 aliphatic carbocycles. The number of hydrogen-bond donors (Lipinski definition) is 2. The Hall–Kier alpha value is -4.89. The zero-order valence-corrected chi connectivity index (χ0v) is 19.9. The molecule has 9 heteroatoms. The van der Waals surface area contributed by atoms with Gasteiger partial charge in [-0.15, -0.1) is 0 Å². The second kappa shape index (κ2) is 10.6. The van der Waals surface area contributed by atoms with Crippen LogP contribution >= 0.6 is 0 Å². The summed E-state index contributed by atoms with van der Waals surface area (Å²) in [4.78, 5) is 22.3. The minimum absolute atomic E-state index is 0.320. The number of nitrogens with one attached hydrogen (secondary N) is 1. The maximum Gasteiger partial charge on any atom is 0.407 e. The Morgan fingerprint density at radius 2 is 1.81 bits per heavy atom. The molecule has 36 heavy (non-hydrogen) atoms. The zero-order chi connectivity index (χ0) is 25.7. The average Bonchev–Trinajstić information content (AvgIpc) is 3.08. The Labute approximate surface area is 208 Å². The zero-order valence-electron chi connectivity index (χ0n) is 19.9. The third kappa shape index (κ3) is 5.43. The topological polar surface area (TPSA) is 135 Å². The van der Waals surface area contributed by atoms with Gasteiger partial charge in [0.2, 0.25) is 11.8 Å². The van der Waals surface area contributed by atoms with Crippen LogP contribution in [0, 0.1) is 36.5 Å². The molecule has 0 fully saturated rings. The molecule has 0 radical (unpaired) electrons. The van der Waals surface area contributed by atoms with Crippen molar-refractivity contribution in [1.29, 1.82) is 10.5 Å². The Bertz CT molecular complexity index is 1390. The standard InChI is InChI=1S/C27H24N6O3/c1-17-14-20(4-3-11-28)15-18(2)24(17)36-25-22-9-12-33(27(34)35)13-10-23(22)31-26(32-25)30-21-7-5-19(16-29)6-8-21/h3-8,14-15H,9-10,12-13H2,1-2H3,(H,34,35)(H,30,31,32). The third-order valence-corrected chi connectivity index (χ3v) is 5.88. The van der Waals surface area contributed by atoms with E-state index < -0.39 is 6.09 Å². The second-order valence-electron chi connectivity index (χ2n) is 8.41. The van der Waals surface area contributed by atoms with E-state index in [2.05, 4.69) is 21.4 Å². The Morgan fingerprint density at radius 1 is 1.11 bits per heavy atom. The van der Waals surface area contributed by atoms with E-state index in [1.165, 1.54) is 11.0 Å². The molecule has 3 aromatic rings. The lowest BCUT2D eigenvalue weighted by Gasteiger charge is -2.17. The lowest BCUT2D eigenvalue weighted by atomic mass is 10.0. The highest BCUT2D eigenvalue weighted by Gasteiger charge is 2.24. The van der Waals surface area contributed by atoms with E-state index in [4.69, 9.17) is 15.3 Å². The van der Waals surface area contributed by atoms with Crippen LogP contribution in [0.4, 0.5) is 16.4 Å². The molecule has 1 aliphatic rings. The number of benzene rings is 2. The molecule has 0 saturated heterocycles. The summed E-state index contributed by atoms with van der Waals surface area (Å²) in [5.41, 5.74) is 5.40. The first-order valence-electron chi connectivity index (χ1n) is 11.4. The normalized spacial score (nSPS) is 12.8. The Balaban J connectivity index is 1.73. The lowest BCUT2D eigenvalue weighted by Crippen LogP contribution is -2.31. The number of nitrogens with zero attached hydrogens (tertiary/aromatic N) is 5. The molecule has 0 spiro atoms. The molecule has 1 aromatic heterocycles. The van der Waals surface area contributed by atoms with Gasteiger partial charge in [0.05, 0.1) is 23.4 Å². The third-order valence-electron chi connectivity index (χ3n) is 5.88. The van der Waals surface area contributed by atoms with Crippen LogP contribution in [-0.2, 0) is 12.8 Å². The van der Waals surface area contributed by atoms with Gasteiger partial charge in [-0.2, -0.15) is 15.5 Å². The maximum absolute atomic E-state index is 11.6. The van der Waals surface area contributed by atoms with Crippen molar-refractivity contribution in [3.05, 3.63) is 76.0 Å². The molecule has 0 bridgehead atoms. The van der Waals surface area contributed by atoms with E-state index in [-0.39, 0.29) is 0 Å². The molecule has 1 aliphatic heterocycles. The van der Waals surface area contributed by atoms with Crippen molar-refractivity contribution in [2.24, 2.45) is 0 Å². The van der Waals surface area contributed by atoms with E-state index >= 15 is 0 Å². The number of fused-ring (bicyclic) bond motifs is 1. The molecule has 0 atom stereocenters. The summed E-state index contributed by atoms with van der Waals surface area (Å²) in [5.74, 6) is 1.34. The molecule has 1 amide bonds. The summed E-state index contributed by atoms with van der Waals surface area (Å²) < 4.78 is 6.37. The minimum Gasteiger partial charge on any atom is -0.465 e. The molecule has 0 saturated carbocycles. The van der Waals surface area contributed by atoms with Gasteiger partial charge < -0.3 is 20.1 Å². The van der Waals surface area contributed by atoms with E-state index in [1.807, 2.05) is 32.0 Å². The fourth-order valence-electron chi connectivity index (χ4n) is 4.12. The number of allylic oxidation sites excluding steroid dienone is 1. The number of carboxylic acid groups (broad SMARTS) is 1. The van der Waals surface area contributed by atoms with Gasteiger partial charge in [-0.1, -0.05) is 0 Å². The molecule has 4 rings (SSSR count). The largest absolute Gasteiger partial charge is 0.465 e. The van der Waals surface area contributed by atoms with Gasteiger partial charge in [0.25, 0.3) is 0 Å². The highest BCUT2D eigenvalue weighted by atomic mass is 16.5. The minimum atomic E-state index is -0.970. The monoisotopic (exact) mass is 480 g/mol. The van der Waals surface area contributed by atoms with Gasteiger partial charge in [0.1, 0.15) is 5.75 Å². The van der Waals surface area contributed by atoms with E-state index in [0.717, 1.165) is 27.9 Å². The van der Waals surface area contributed by atoms with E-state index in [0.29, 0.717) is 54.8 Å². The number of hydrogen-bond acceptors (Lipinski definition) is 7. The molecular formula is C27H24N6O3. The first-order chi connectivity index (χ1) is 17.4. The molecule has 0 unspecified atom stereocenters. The number of carbonyl (C=O) groups is 1. The first kappa shape index (κ1) is 24.2. The van der Waals surface area contributed by atoms with Crippen molar-refractivity contribution in [1.82, 2.24) is 14.9 Å². The summed E-state index contributed by atoms with van der Waals surface area (Å²) in [5, 5.41) is 30.5. The highest BCUT2D eigenvalue weighted by molar-refractivity contribution is 5.65. The molecular weight excluding hydrogens is 456 g/mol. The lowest BCUT2D eigenvalue weighted by molar-refractivity contribution is 0.147. The fraction of sp³-hybridized carbons (Fsp3) is 0.222. The molecule has 9 nitrogen and oxygen atoms in total. The summed E-state index contributed by atoms with van der Waals surface area (Å²) in [7, 11) is 0. The summed E-state index contributed by atoms with van der Waals surface area (Å²) in [6, 6.07) is 14.9. The van der Waals surface area contributed by atoms with Gasteiger partial charge in [-0.25, -0.2) is 9.78 Å². The fourth-order valence-corrected chi connectivity index (χ4v) is 4.12. The van der Waals surface area contributed by atoms with Crippen LogP contribution in [0.25, 0.3) is 6.08 Å². The Kier molecular flexibility index (Phi) is 7.12. The number of aryl methyl sites for hydroxylation is 2. The van der Waals surface area contributed by atoms with Gasteiger partial charge in [-0.05, 0) is 79.4 Å². The van der Waals surface area contributed by atoms with Crippen LogP contribution in [0.5, 0.6) is 11.6 Å². The van der Waals surface area contributed by atoms with Crippen molar-refractivity contribution in [2.75, 3.05) is 18.4 Å². The van der Waals surface area contributed by atoms with Crippen molar-refractivity contribution >= 4 is 23.8 Å². The molecule has 2 aromatic carbocycles. The maximum atomic E-state index is 11.6. The quantitative estimate of drug-likeness (QED) is 0.481. The number of amides is 1. The average molecular weight is 481 g/mol. The van der Waals surface area contributed by atoms with Crippen LogP contribution in [-0.4, -0.2) is 39.2 Å². The summed E-state index contributed by atoms with van der Waals surface area (Å²) >= 11 is 0. The van der Waals surface area contributed by atoms with Gasteiger partial charge >= 0.3 is 6.09 Å². The second-order valence-corrected chi connectivity index (χ2v) is 8.41. The van der Waals surface area contributed by atoms with Crippen LogP contribution in [0.1, 0.15) is 33.5 Å². The number of rotatable bonds is 5. The molecule has 180 valence electrons. The van der Waals surface area contributed by atoms with E-state index in [1.54, 1.807) is 30.3 Å². The Morgan fingerprint density at radius 3 is 2.44 bits per heavy atom. The first-order valence-corrected chi connectivity index (χ1v) is 11.4. The van der Waals surface area contributed by atoms with Crippen molar-refractivity contribution in [3.63, 3.8) is 0 Å². The van der Waals surface area contributed by atoms with Crippen molar-refractivity contribution in [2.45, 2.75) is 26.7 Å². The number of nitriles is 2. The number of aromatic nitrogens is 2. The smallest absolute Gasteiger partial charge is 0.407 e. The predicted octanol–water partition coefficient (Wildman–Crippen LogP) is 5.12. The van der Waals surface area contributed by atoms with Crippen LogP contribution in [0.2, 0.25) is 0 Å². The number of anilines is 2.